The molecule has 15 heteroatoms. The number of benzene rings is 3. The fourth-order valence-electron chi connectivity index (χ4n) is 7.68. The maximum atomic E-state index is 14.4. The van der Waals surface area contributed by atoms with Crippen molar-refractivity contribution in [1.82, 2.24) is 0 Å². The van der Waals surface area contributed by atoms with Crippen molar-refractivity contribution >= 4 is 69.8 Å². The van der Waals surface area contributed by atoms with Gasteiger partial charge in [0.1, 0.15) is 17.3 Å². The van der Waals surface area contributed by atoms with Crippen molar-refractivity contribution in [3.8, 4) is 11.5 Å². The van der Waals surface area contributed by atoms with Crippen molar-refractivity contribution in [3.05, 3.63) is 94.3 Å². The summed E-state index contributed by atoms with van der Waals surface area (Å²) in [5.74, 6) is -10.1. The molecule has 4 amide bonds. The zero-order valence-corrected chi connectivity index (χ0v) is 27.4. The van der Waals surface area contributed by atoms with E-state index in [0.717, 1.165) is 47.4 Å². The van der Waals surface area contributed by atoms with Crippen molar-refractivity contribution in [1.29, 1.82) is 0 Å². The van der Waals surface area contributed by atoms with Gasteiger partial charge < -0.3 is 9.84 Å². The molecule has 1 N–H and O–H groups in total. The number of nitrogens with zero attached hydrogens (tertiary/aromatic N) is 2. The third-order valence-corrected chi connectivity index (χ3v) is 11.7. The number of imide groups is 2. The Labute approximate surface area is 290 Å². The summed E-state index contributed by atoms with van der Waals surface area (Å²) in [5.41, 5.74) is 0.712. The summed E-state index contributed by atoms with van der Waals surface area (Å²) < 4.78 is 57.9. The largest absolute Gasteiger partial charge is 0.573 e. The Morgan fingerprint density at radius 1 is 0.878 bits per heavy atom. The fraction of sp³-hybridized carbons (Fsp3) is 0.294. The van der Waals surface area contributed by atoms with E-state index < -0.39 is 87.1 Å². The first kappa shape index (κ1) is 33.4. The average molecular weight is 738 g/mol. The minimum Gasteiger partial charge on any atom is -0.508 e. The summed E-state index contributed by atoms with van der Waals surface area (Å²) in [6.45, 7) is 1.75. The van der Waals surface area contributed by atoms with Crippen LogP contribution in [0.3, 0.4) is 0 Å². The standard InChI is InChI=1S/C34H23Cl3F4N2O6/c1-15-2-5-18(12-24(15)35)42-28(45)21-10-9-20-23(26(21)29(42)46)14-32(36)30(47)43(17-6-3-16(38)4-7-17)31(48)33(32,37)27(20)22-13-19(8-11-25(22)44)49-34(39,40)41/h2-9,11-13,21,23,26-27,44H,10,14H2,1H3. The molecule has 254 valence electrons. The van der Waals surface area contributed by atoms with Crippen molar-refractivity contribution in [3.63, 3.8) is 0 Å². The SMILES string of the molecule is Cc1ccc(N2C(=O)C3CC=C4C(CC5(Cl)C(=O)N(c6ccc(F)cc6)C(=O)C5(Cl)C4c4cc(OC(F)(F)F)ccc4O)C3C2=O)cc1Cl. The molecular formula is C34H23Cl3F4N2O6. The summed E-state index contributed by atoms with van der Waals surface area (Å²) in [6, 6.07) is 11.6. The normalized spacial score (nSPS) is 29.5. The molecule has 3 aromatic rings. The topological polar surface area (TPSA) is 104 Å². The lowest BCUT2D eigenvalue weighted by Gasteiger charge is -2.50. The van der Waals surface area contributed by atoms with E-state index in [1.807, 2.05) is 0 Å². The van der Waals surface area contributed by atoms with Crippen LogP contribution in [0.1, 0.15) is 29.9 Å². The van der Waals surface area contributed by atoms with Gasteiger partial charge >= 0.3 is 6.36 Å². The maximum absolute atomic E-state index is 14.4. The van der Waals surface area contributed by atoms with Crippen LogP contribution in [0, 0.1) is 30.5 Å². The second-order valence-corrected chi connectivity index (χ2v) is 14.1. The first-order valence-electron chi connectivity index (χ1n) is 14.9. The van der Waals surface area contributed by atoms with Crippen LogP contribution in [-0.2, 0) is 19.2 Å². The van der Waals surface area contributed by atoms with Crippen molar-refractivity contribution in [2.45, 2.75) is 41.8 Å². The third kappa shape index (κ3) is 4.85. The van der Waals surface area contributed by atoms with Gasteiger partial charge in [-0.05, 0) is 85.8 Å². The monoisotopic (exact) mass is 736 g/mol. The number of carbonyl (C=O) groups excluding carboxylic acids is 4. The molecule has 4 aliphatic rings. The van der Waals surface area contributed by atoms with Gasteiger partial charge in [0, 0.05) is 16.5 Å². The number of fused-ring (bicyclic) bond motifs is 4. The number of aryl methyl sites for hydroxylation is 1. The first-order valence-corrected chi connectivity index (χ1v) is 16.1. The number of rotatable bonds is 4. The minimum absolute atomic E-state index is 0.0424. The van der Waals surface area contributed by atoms with Crippen molar-refractivity contribution in [2.24, 2.45) is 17.8 Å². The summed E-state index contributed by atoms with van der Waals surface area (Å²) >= 11 is 20.8. The van der Waals surface area contributed by atoms with E-state index in [-0.39, 0.29) is 28.9 Å². The predicted molar refractivity (Wildman–Crippen MR) is 170 cm³/mol. The molecular weight excluding hydrogens is 715 g/mol. The molecule has 2 aliphatic heterocycles. The van der Waals surface area contributed by atoms with Gasteiger partial charge in [0.2, 0.25) is 11.8 Å². The fourth-order valence-corrected chi connectivity index (χ4v) is 8.78. The van der Waals surface area contributed by atoms with E-state index in [2.05, 4.69) is 4.74 Å². The maximum Gasteiger partial charge on any atom is 0.573 e. The third-order valence-electron chi connectivity index (χ3n) is 9.85. The Balaban J connectivity index is 1.41. The Kier molecular flexibility index (Phi) is 7.62. The highest BCUT2D eigenvalue weighted by Gasteiger charge is 2.77. The predicted octanol–water partition coefficient (Wildman–Crippen LogP) is 7.16. The highest BCUT2D eigenvalue weighted by Crippen LogP contribution is 2.66. The van der Waals surface area contributed by atoms with Gasteiger partial charge in [0.25, 0.3) is 11.8 Å². The summed E-state index contributed by atoms with van der Waals surface area (Å²) in [7, 11) is 0. The number of carbonyl (C=O) groups is 4. The van der Waals surface area contributed by atoms with Crippen LogP contribution < -0.4 is 14.5 Å². The number of amides is 4. The van der Waals surface area contributed by atoms with E-state index in [9.17, 15) is 41.8 Å². The van der Waals surface area contributed by atoms with E-state index in [4.69, 9.17) is 34.8 Å². The van der Waals surface area contributed by atoms with Crippen LogP contribution in [0.4, 0.5) is 28.9 Å². The smallest absolute Gasteiger partial charge is 0.508 e. The molecule has 2 aliphatic carbocycles. The van der Waals surface area contributed by atoms with E-state index >= 15 is 0 Å². The molecule has 1 saturated carbocycles. The molecule has 3 aromatic carbocycles. The lowest BCUT2D eigenvalue weighted by atomic mass is 9.56. The van der Waals surface area contributed by atoms with Gasteiger partial charge in [-0.15, -0.1) is 36.4 Å². The number of alkyl halides is 5. The molecule has 7 rings (SSSR count). The number of phenolic OH excluding ortho intramolecular Hbond substituents is 1. The summed E-state index contributed by atoms with van der Waals surface area (Å²) in [5, 5.41) is 11.4. The average Bonchev–Trinajstić information content (AvgIpc) is 3.37. The van der Waals surface area contributed by atoms with E-state index in [1.165, 1.54) is 6.07 Å². The van der Waals surface area contributed by atoms with Crippen LogP contribution in [0.25, 0.3) is 0 Å². The van der Waals surface area contributed by atoms with Crippen LogP contribution in [-0.4, -0.2) is 44.8 Å². The highest BCUT2D eigenvalue weighted by atomic mass is 35.5. The van der Waals surface area contributed by atoms with Crippen LogP contribution in [0.5, 0.6) is 11.5 Å². The number of phenols is 1. The van der Waals surface area contributed by atoms with Gasteiger partial charge in [-0.1, -0.05) is 29.3 Å². The molecule has 0 bridgehead atoms. The minimum atomic E-state index is -5.13. The molecule has 49 heavy (non-hydrogen) atoms. The number of ether oxygens (including phenoxy) is 1. The van der Waals surface area contributed by atoms with Crippen LogP contribution >= 0.6 is 34.8 Å². The second kappa shape index (κ2) is 11.2. The summed E-state index contributed by atoms with van der Waals surface area (Å²) in [6.07, 6.45) is -4.06. The van der Waals surface area contributed by atoms with Crippen LogP contribution in [0.15, 0.2) is 72.3 Å². The molecule has 2 heterocycles. The molecule has 8 nitrogen and oxygen atoms in total. The second-order valence-electron chi connectivity index (χ2n) is 12.5. The number of halogens is 7. The van der Waals surface area contributed by atoms with Gasteiger partial charge in [-0.3, -0.25) is 19.2 Å². The van der Waals surface area contributed by atoms with Crippen LogP contribution in [0.2, 0.25) is 5.02 Å². The first-order chi connectivity index (χ1) is 23.0. The summed E-state index contributed by atoms with van der Waals surface area (Å²) in [4.78, 5) is 53.6. The molecule has 0 aromatic heterocycles. The Morgan fingerprint density at radius 3 is 2.20 bits per heavy atom. The number of hydrogen-bond donors (Lipinski definition) is 1. The number of aromatic hydroxyl groups is 1. The lowest BCUT2D eigenvalue weighted by Crippen LogP contribution is -2.60. The highest BCUT2D eigenvalue weighted by molar-refractivity contribution is 6.58. The van der Waals surface area contributed by atoms with Crippen molar-refractivity contribution < 1.29 is 46.6 Å². The van der Waals surface area contributed by atoms with E-state index in [0.29, 0.717) is 15.5 Å². The van der Waals surface area contributed by atoms with E-state index in [1.54, 1.807) is 25.1 Å². The lowest BCUT2D eigenvalue weighted by molar-refractivity contribution is -0.274. The molecule has 3 fully saturated rings. The number of hydrogen-bond acceptors (Lipinski definition) is 6. The number of allylic oxidation sites excluding steroid dienone is 2. The van der Waals surface area contributed by atoms with Gasteiger partial charge in [-0.25, -0.2) is 14.2 Å². The Bertz CT molecular complexity index is 2010. The van der Waals surface area contributed by atoms with Gasteiger partial charge in [0.05, 0.1) is 23.2 Å². The van der Waals surface area contributed by atoms with Gasteiger partial charge in [0.15, 0.2) is 9.75 Å². The molecule has 6 atom stereocenters. The Hall–Kier alpha value is -4.13. The van der Waals surface area contributed by atoms with Crippen molar-refractivity contribution in [2.75, 3.05) is 9.80 Å². The molecule has 2 saturated heterocycles. The number of anilines is 2. The molecule has 0 spiro atoms. The quantitative estimate of drug-likeness (QED) is 0.132. The van der Waals surface area contributed by atoms with Gasteiger partial charge in [-0.2, -0.15) is 0 Å². The zero-order valence-electron chi connectivity index (χ0n) is 25.1. The zero-order chi connectivity index (χ0) is 35.4. The molecule has 0 radical (unpaired) electrons. The Morgan fingerprint density at radius 2 is 1.55 bits per heavy atom. The molecule has 6 unspecified atom stereocenters.